The second-order valence-corrected chi connectivity index (χ2v) is 6.41. The largest absolute Gasteiger partial charge is 0.370 e. The van der Waals surface area contributed by atoms with E-state index < -0.39 is 0 Å². The van der Waals surface area contributed by atoms with Crippen molar-refractivity contribution in [2.75, 3.05) is 24.7 Å². The molecule has 21 heavy (non-hydrogen) atoms. The van der Waals surface area contributed by atoms with Gasteiger partial charge in [-0.1, -0.05) is 20.8 Å². The third-order valence-corrected chi connectivity index (χ3v) is 5.46. The van der Waals surface area contributed by atoms with Crippen LogP contribution in [0.5, 0.6) is 0 Å². The van der Waals surface area contributed by atoms with Gasteiger partial charge in [-0.15, -0.1) is 0 Å². The fraction of sp³-hybridized carbons (Fsp3) is 0.625. The van der Waals surface area contributed by atoms with Gasteiger partial charge in [0.1, 0.15) is 5.82 Å². The number of aromatic nitrogens is 1. The molecular weight excluding hydrogens is 282 g/mol. The van der Waals surface area contributed by atoms with E-state index in [2.05, 4.69) is 42.6 Å². The number of amides is 1. The maximum absolute atomic E-state index is 12.3. The lowest BCUT2D eigenvalue weighted by molar-refractivity contribution is 0.0949. The van der Waals surface area contributed by atoms with Crippen LogP contribution in [0.25, 0.3) is 0 Å². The Morgan fingerprint density at radius 2 is 2.05 bits per heavy atom. The first-order chi connectivity index (χ1) is 10.1. The van der Waals surface area contributed by atoms with Crippen molar-refractivity contribution in [3.05, 3.63) is 23.9 Å². The Kier molecular flexibility index (Phi) is 7.57. The van der Waals surface area contributed by atoms with E-state index in [-0.39, 0.29) is 10.7 Å². The Balaban J connectivity index is 2.67. The molecule has 5 heteroatoms. The summed E-state index contributed by atoms with van der Waals surface area (Å²) in [5.74, 6) is 0.726. The highest BCUT2D eigenvalue weighted by Gasteiger charge is 2.25. The average Bonchev–Trinajstić information content (AvgIpc) is 2.54. The molecule has 1 heterocycles. The highest BCUT2D eigenvalue weighted by atomic mass is 32.2. The standard InChI is InChI=1S/C16H27N3OS/c1-5-9-17-14-11-13(8-10-18-14)15(20)19-12-16(6-2,7-3)21-4/h8,10-11H,5-7,9,12H2,1-4H3,(H,17,18)(H,19,20). The van der Waals surface area contributed by atoms with Crippen LogP contribution in [0, 0.1) is 0 Å². The first-order valence-corrected chi connectivity index (χ1v) is 8.86. The van der Waals surface area contributed by atoms with E-state index in [4.69, 9.17) is 0 Å². The average molecular weight is 309 g/mol. The van der Waals surface area contributed by atoms with Crippen molar-refractivity contribution in [1.82, 2.24) is 10.3 Å². The molecule has 0 aliphatic carbocycles. The third kappa shape index (κ3) is 5.23. The molecule has 0 fully saturated rings. The molecule has 0 saturated carbocycles. The number of thioether (sulfide) groups is 1. The maximum atomic E-state index is 12.3. The summed E-state index contributed by atoms with van der Waals surface area (Å²) < 4.78 is 0.131. The number of anilines is 1. The van der Waals surface area contributed by atoms with E-state index in [1.807, 2.05) is 17.8 Å². The molecule has 1 amide bonds. The molecule has 2 N–H and O–H groups in total. The summed E-state index contributed by atoms with van der Waals surface area (Å²) in [5, 5.41) is 6.26. The summed E-state index contributed by atoms with van der Waals surface area (Å²) in [4.78, 5) is 16.5. The van der Waals surface area contributed by atoms with Crippen LogP contribution in [-0.4, -0.2) is 35.0 Å². The zero-order chi connectivity index (χ0) is 15.7. The molecule has 0 saturated heterocycles. The Morgan fingerprint density at radius 1 is 1.33 bits per heavy atom. The number of pyridine rings is 1. The minimum atomic E-state index is -0.0303. The number of carbonyl (C=O) groups is 1. The van der Waals surface area contributed by atoms with Gasteiger partial charge in [0.05, 0.1) is 0 Å². The van der Waals surface area contributed by atoms with Crippen LogP contribution in [0.15, 0.2) is 18.3 Å². The summed E-state index contributed by atoms with van der Waals surface area (Å²) in [5.41, 5.74) is 0.658. The zero-order valence-corrected chi connectivity index (χ0v) is 14.3. The molecule has 0 aliphatic rings. The summed E-state index contributed by atoms with van der Waals surface area (Å²) in [6.07, 6.45) is 6.91. The van der Waals surface area contributed by atoms with E-state index in [0.717, 1.165) is 31.6 Å². The fourth-order valence-electron chi connectivity index (χ4n) is 2.13. The van der Waals surface area contributed by atoms with Gasteiger partial charge in [-0.05, 0) is 37.7 Å². The van der Waals surface area contributed by atoms with Gasteiger partial charge >= 0.3 is 0 Å². The molecule has 1 aromatic rings. The molecule has 0 atom stereocenters. The van der Waals surface area contributed by atoms with Crippen molar-refractivity contribution in [3.63, 3.8) is 0 Å². The Hall–Kier alpha value is -1.23. The number of carbonyl (C=O) groups excluding carboxylic acids is 1. The van der Waals surface area contributed by atoms with Crippen LogP contribution in [0.2, 0.25) is 0 Å². The zero-order valence-electron chi connectivity index (χ0n) is 13.5. The van der Waals surface area contributed by atoms with E-state index in [1.165, 1.54) is 0 Å². The van der Waals surface area contributed by atoms with Crippen molar-refractivity contribution in [3.8, 4) is 0 Å². The highest BCUT2D eigenvalue weighted by Crippen LogP contribution is 2.29. The third-order valence-electron chi connectivity index (χ3n) is 3.87. The molecule has 1 aromatic heterocycles. The Morgan fingerprint density at radius 3 is 2.62 bits per heavy atom. The van der Waals surface area contributed by atoms with Gasteiger partial charge in [-0.2, -0.15) is 11.8 Å². The lowest BCUT2D eigenvalue weighted by Gasteiger charge is -2.29. The van der Waals surface area contributed by atoms with Crippen molar-refractivity contribution in [2.45, 2.75) is 44.8 Å². The molecule has 118 valence electrons. The van der Waals surface area contributed by atoms with Gasteiger partial charge in [-0.25, -0.2) is 4.98 Å². The van der Waals surface area contributed by atoms with Crippen molar-refractivity contribution < 1.29 is 4.79 Å². The Labute approximate surface area is 132 Å². The predicted molar refractivity (Wildman–Crippen MR) is 92.2 cm³/mol. The smallest absolute Gasteiger partial charge is 0.251 e. The van der Waals surface area contributed by atoms with Crippen LogP contribution in [0.3, 0.4) is 0 Å². The summed E-state index contributed by atoms with van der Waals surface area (Å²) in [6.45, 7) is 8.00. The molecule has 0 aliphatic heterocycles. The number of rotatable bonds is 9. The van der Waals surface area contributed by atoms with Crippen LogP contribution in [-0.2, 0) is 0 Å². The van der Waals surface area contributed by atoms with Gasteiger partial charge in [-0.3, -0.25) is 4.79 Å². The molecular formula is C16H27N3OS. The molecule has 0 spiro atoms. The van der Waals surface area contributed by atoms with E-state index in [9.17, 15) is 4.79 Å². The molecule has 0 unspecified atom stereocenters. The Bertz CT molecular complexity index is 439. The second kappa shape index (κ2) is 8.93. The number of nitrogens with one attached hydrogen (secondary N) is 2. The SMILES string of the molecule is CCCNc1cc(C(=O)NCC(CC)(CC)SC)ccn1. The molecule has 4 nitrogen and oxygen atoms in total. The van der Waals surface area contributed by atoms with E-state index in [0.29, 0.717) is 12.1 Å². The van der Waals surface area contributed by atoms with Gasteiger partial charge in [0.15, 0.2) is 0 Å². The quantitative estimate of drug-likeness (QED) is 0.732. The van der Waals surface area contributed by atoms with Crippen LogP contribution < -0.4 is 10.6 Å². The molecule has 0 radical (unpaired) electrons. The van der Waals surface area contributed by atoms with Gasteiger partial charge in [0.25, 0.3) is 5.91 Å². The van der Waals surface area contributed by atoms with Gasteiger partial charge < -0.3 is 10.6 Å². The molecule has 1 rings (SSSR count). The molecule has 0 aromatic carbocycles. The van der Waals surface area contributed by atoms with E-state index in [1.54, 1.807) is 12.3 Å². The van der Waals surface area contributed by atoms with Crippen LogP contribution in [0.4, 0.5) is 5.82 Å². The summed E-state index contributed by atoms with van der Waals surface area (Å²) in [7, 11) is 0. The fourth-order valence-corrected chi connectivity index (χ4v) is 2.92. The summed E-state index contributed by atoms with van der Waals surface area (Å²) >= 11 is 1.83. The van der Waals surface area contributed by atoms with Crippen LogP contribution in [0.1, 0.15) is 50.4 Å². The number of nitrogens with zero attached hydrogens (tertiary/aromatic N) is 1. The van der Waals surface area contributed by atoms with Crippen molar-refractivity contribution in [2.24, 2.45) is 0 Å². The minimum Gasteiger partial charge on any atom is -0.370 e. The first-order valence-electron chi connectivity index (χ1n) is 7.64. The van der Waals surface area contributed by atoms with E-state index >= 15 is 0 Å². The number of hydrogen-bond donors (Lipinski definition) is 2. The highest BCUT2D eigenvalue weighted by molar-refractivity contribution is 8.00. The van der Waals surface area contributed by atoms with Gasteiger partial charge in [0, 0.05) is 29.6 Å². The minimum absolute atomic E-state index is 0.0303. The topological polar surface area (TPSA) is 54.0 Å². The summed E-state index contributed by atoms with van der Waals surface area (Å²) in [6, 6.07) is 3.56. The predicted octanol–water partition coefficient (Wildman–Crippen LogP) is 3.56. The maximum Gasteiger partial charge on any atom is 0.251 e. The van der Waals surface area contributed by atoms with Crippen molar-refractivity contribution >= 4 is 23.5 Å². The van der Waals surface area contributed by atoms with Crippen LogP contribution >= 0.6 is 11.8 Å². The number of hydrogen-bond acceptors (Lipinski definition) is 4. The second-order valence-electron chi connectivity index (χ2n) is 5.13. The first kappa shape index (κ1) is 17.8. The lowest BCUT2D eigenvalue weighted by atomic mass is 10.0. The lowest BCUT2D eigenvalue weighted by Crippen LogP contribution is -2.39. The van der Waals surface area contributed by atoms with Gasteiger partial charge in [0.2, 0.25) is 0 Å². The molecule has 0 bridgehead atoms. The normalized spacial score (nSPS) is 11.2. The van der Waals surface area contributed by atoms with Crippen molar-refractivity contribution in [1.29, 1.82) is 0 Å². The monoisotopic (exact) mass is 309 g/mol.